The van der Waals surface area contributed by atoms with Gasteiger partial charge < -0.3 is 0 Å². The summed E-state index contributed by atoms with van der Waals surface area (Å²) in [5.41, 5.74) is -17.2. The topological polar surface area (TPSA) is 39.8 Å². The Morgan fingerprint density at radius 2 is 0.731 bits per heavy atom. The Bertz CT molecular complexity index is 571. The Morgan fingerprint density at radius 3 is 0.923 bits per heavy atom. The monoisotopic (exact) mass is 408 g/mol. The van der Waals surface area contributed by atoms with E-state index in [0.717, 1.165) is 0 Å². The third-order valence-corrected chi connectivity index (χ3v) is 3.27. The van der Waals surface area contributed by atoms with Crippen molar-refractivity contribution in [2.45, 2.75) is 35.9 Å². The van der Waals surface area contributed by atoms with Gasteiger partial charge in [-0.1, -0.05) is 18.2 Å². The van der Waals surface area contributed by atoms with Crippen molar-refractivity contribution in [3.8, 4) is 0 Å². The van der Waals surface area contributed by atoms with E-state index in [4.69, 9.17) is 0 Å². The SMILES string of the molecule is [O]C(c1cccc(C([O])(C(F)(F)F)C(F)(F)F)c1)(C(F)(F)F)C(F)(F)F. The van der Waals surface area contributed by atoms with E-state index >= 15 is 0 Å². The zero-order valence-corrected chi connectivity index (χ0v) is 11.7. The van der Waals surface area contributed by atoms with Crippen LogP contribution >= 0.6 is 0 Å². The molecule has 0 aliphatic heterocycles. The smallest absolute Gasteiger partial charge is 0.204 e. The molecule has 0 aliphatic rings. The first kappa shape index (κ1) is 22.3. The highest BCUT2D eigenvalue weighted by Gasteiger charge is 2.75. The maximum absolute atomic E-state index is 12.6. The number of halogens is 12. The molecule has 0 spiro atoms. The second-order valence-corrected chi connectivity index (χ2v) is 4.93. The van der Waals surface area contributed by atoms with Crippen LogP contribution in [-0.4, -0.2) is 24.7 Å². The fraction of sp³-hybridized carbons (Fsp3) is 0.500. The Kier molecular flexibility index (Phi) is 5.07. The van der Waals surface area contributed by atoms with Crippen molar-refractivity contribution in [3.63, 3.8) is 0 Å². The molecule has 0 atom stereocenters. The lowest BCUT2D eigenvalue weighted by atomic mass is 9.85. The molecule has 0 heterocycles. The zero-order chi connectivity index (χ0) is 21.0. The molecule has 26 heavy (non-hydrogen) atoms. The van der Waals surface area contributed by atoms with Gasteiger partial charge in [-0.15, -0.1) is 0 Å². The summed E-state index contributed by atoms with van der Waals surface area (Å²) in [6.07, 6.45) is -26.7. The number of benzene rings is 1. The lowest BCUT2D eigenvalue weighted by Gasteiger charge is -2.33. The summed E-state index contributed by atoms with van der Waals surface area (Å²) in [5.74, 6) is 0. The number of hydrogen-bond acceptors (Lipinski definition) is 0. The molecule has 0 unspecified atom stereocenters. The first-order valence-corrected chi connectivity index (χ1v) is 6.00. The Balaban J connectivity index is 3.80. The van der Waals surface area contributed by atoms with E-state index in [1.807, 2.05) is 0 Å². The van der Waals surface area contributed by atoms with Gasteiger partial charge in [0.1, 0.15) is 0 Å². The fourth-order valence-corrected chi connectivity index (χ4v) is 1.93. The second kappa shape index (κ2) is 5.90. The summed E-state index contributed by atoms with van der Waals surface area (Å²) in [6, 6.07) is -1.64. The van der Waals surface area contributed by atoms with Crippen molar-refractivity contribution < 1.29 is 62.9 Å². The minimum atomic E-state index is -6.67. The molecule has 0 N–H and O–H groups in total. The van der Waals surface area contributed by atoms with Gasteiger partial charge in [0.15, 0.2) is 0 Å². The van der Waals surface area contributed by atoms with Gasteiger partial charge in [0.25, 0.3) is 0 Å². The minimum absolute atomic E-state index is 0.112. The molecule has 0 aromatic heterocycles. The average Bonchev–Trinajstić information content (AvgIpc) is 2.40. The summed E-state index contributed by atoms with van der Waals surface area (Å²) in [6.45, 7) is 0. The van der Waals surface area contributed by atoms with Crippen LogP contribution in [0.2, 0.25) is 0 Å². The van der Waals surface area contributed by atoms with Gasteiger partial charge in [-0.25, -0.2) is 10.2 Å². The maximum Gasteiger partial charge on any atom is 0.434 e. The van der Waals surface area contributed by atoms with Crippen LogP contribution < -0.4 is 0 Å². The zero-order valence-electron chi connectivity index (χ0n) is 11.7. The lowest BCUT2D eigenvalue weighted by Crippen LogP contribution is -2.54. The van der Waals surface area contributed by atoms with E-state index in [1.54, 1.807) is 0 Å². The van der Waals surface area contributed by atoms with E-state index in [1.165, 1.54) is 0 Å². The van der Waals surface area contributed by atoms with E-state index < -0.39 is 53.1 Å². The van der Waals surface area contributed by atoms with Crippen molar-refractivity contribution >= 4 is 0 Å². The molecular weight excluding hydrogens is 404 g/mol. The number of alkyl halides is 12. The van der Waals surface area contributed by atoms with Crippen molar-refractivity contribution in [1.29, 1.82) is 0 Å². The summed E-state index contributed by atoms with van der Waals surface area (Å²) >= 11 is 0. The van der Waals surface area contributed by atoms with Crippen LogP contribution in [0, 0.1) is 0 Å². The Hall–Kier alpha value is -1.70. The van der Waals surface area contributed by atoms with Gasteiger partial charge in [0, 0.05) is 11.1 Å². The van der Waals surface area contributed by atoms with Gasteiger partial charge >= 0.3 is 35.9 Å². The number of rotatable bonds is 2. The molecule has 0 fully saturated rings. The van der Waals surface area contributed by atoms with Crippen molar-refractivity contribution in [2.24, 2.45) is 0 Å². The molecular formula is C12H4F12O2. The van der Waals surface area contributed by atoms with Crippen LogP contribution in [0.5, 0.6) is 0 Å². The van der Waals surface area contributed by atoms with Gasteiger partial charge in [0.2, 0.25) is 0 Å². The molecule has 1 aromatic rings. The highest BCUT2D eigenvalue weighted by molar-refractivity contribution is 5.36. The van der Waals surface area contributed by atoms with Crippen LogP contribution in [0.4, 0.5) is 52.7 Å². The molecule has 0 bridgehead atoms. The van der Waals surface area contributed by atoms with E-state index in [0.29, 0.717) is 0 Å². The van der Waals surface area contributed by atoms with Crippen LogP contribution in [-0.2, 0) is 21.4 Å². The molecule has 0 amide bonds. The Labute approximate surface area is 135 Å². The van der Waals surface area contributed by atoms with Crippen LogP contribution in [0.15, 0.2) is 24.3 Å². The summed E-state index contributed by atoms with van der Waals surface area (Å²) < 4.78 is 152. The molecule has 14 heteroatoms. The van der Waals surface area contributed by atoms with Crippen molar-refractivity contribution in [1.82, 2.24) is 0 Å². The summed E-state index contributed by atoms with van der Waals surface area (Å²) in [5, 5.41) is 22.8. The van der Waals surface area contributed by atoms with Crippen LogP contribution in [0.1, 0.15) is 11.1 Å². The molecule has 1 aromatic carbocycles. The van der Waals surface area contributed by atoms with Gasteiger partial charge in [-0.2, -0.15) is 52.7 Å². The third-order valence-electron chi connectivity index (χ3n) is 3.27. The molecule has 148 valence electrons. The quantitative estimate of drug-likeness (QED) is 0.605. The van der Waals surface area contributed by atoms with Gasteiger partial charge in [-0.05, 0) is 6.07 Å². The highest BCUT2D eigenvalue weighted by Crippen LogP contribution is 2.54. The molecule has 0 aliphatic carbocycles. The predicted octanol–water partition coefficient (Wildman–Crippen LogP) is 5.19. The standard InChI is InChI=1S/C12H4F12O2/c13-9(14,15)7(25,10(16,17)18)5-2-1-3-6(4-5)8(26,11(19,20)21)12(22,23)24/h1-4H. The highest BCUT2D eigenvalue weighted by atomic mass is 19.4. The summed E-state index contributed by atoms with van der Waals surface area (Å²) in [7, 11) is 0. The van der Waals surface area contributed by atoms with Gasteiger partial charge in [0.05, 0.1) is 0 Å². The lowest BCUT2D eigenvalue weighted by molar-refractivity contribution is -0.397. The molecule has 2 radical (unpaired) electrons. The normalized spacial score (nSPS) is 15.3. The molecule has 0 saturated heterocycles. The van der Waals surface area contributed by atoms with E-state index in [2.05, 4.69) is 0 Å². The molecule has 0 saturated carbocycles. The first-order chi connectivity index (χ1) is 11.2. The second-order valence-electron chi connectivity index (χ2n) is 4.93. The molecule has 2 nitrogen and oxygen atoms in total. The van der Waals surface area contributed by atoms with Gasteiger partial charge in [-0.3, -0.25) is 0 Å². The van der Waals surface area contributed by atoms with Crippen molar-refractivity contribution in [2.75, 3.05) is 0 Å². The third kappa shape index (κ3) is 3.19. The maximum atomic E-state index is 12.6. The average molecular weight is 408 g/mol. The first-order valence-electron chi connectivity index (χ1n) is 6.00. The van der Waals surface area contributed by atoms with E-state index in [-0.39, 0.29) is 18.2 Å². The fourth-order valence-electron chi connectivity index (χ4n) is 1.93. The minimum Gasteiger partial charge on any atom is -0.204 e. The molecule has 1 rings (SSSR count). The number of hydrogen-bond donors (Lipinski definition) is 0. The Morgan fingerprint density at radius 1 is 0.500 bits per heavy atom. The largest absolute Gasteiger partial charge is 0.434 e. The predicted molar refractivity (Wildman–Crippen MR) is 55.4 cm³/mol. The van der Waals surface area contributed by atoms with Crippen LogP contribution in [0.25, 0.3) is 0 Å². The van der Waals surface area contributed by atoms with E-state index in [9.17, 15) is 62.9 Å². The van der Waals surface area contributed by atoms with Crippen LogP contribution in [0.3, 0.4) is 0 Å². The summed E-state index contributed by atoms with van der Waals surface area (Å²) in [4.78, 5) is 0. The van der Waals surface area contributed by atoms with Crippen molar-refractivity contribution in [3.05, 3.63) is 35.4 Å².